The van der Waals surface area contributed by atoms with Crippen molar-refractivity contribution in [3.05, 3.63) is 28.2 Å². The molecule has 1 saturated heterocycles. The Balaban J connectivity index is 1.80. The van der Waals surface area contributed by atoms with E-state index in [0.29, 0.717) is 11.5 Å². The van der Waals surface area contributed by atoms with Gasteiger partial charge in [-0.25, -0.2) is 5.43 Å². The standard InChI is InChI=1S/C20H32N8O/c1-12(2)13(3)28-11-14(18-17(20(28)29)19(21)23-22-18)15-10-16(26(5)24-15)27-8-6-25(4)7-9-27/h10-13,19,22-23H,6-9,21H2,1-5H3/t13-,19?/m0/s1. The monoisotopic (exact) mass is 400 g/mol. The van der Waals surface area contributed by atoms with Crippen molar-refractivity contribution in [1.82, 2.24) is 24.7 Å². The minimum atomic E-state index is -0.538. The van der Waals surface area contributed by atoms with Gasteiger partial charge >= 0.3 is 0 Å². The van der Waals surface area contributed by atoms with Crippen LogP contribution in [0.5, 0.6) is 0 Å². The third kappa shape index (κ3) is 3.43. The van der Waals surface area contributed by atoms with E-state index in [1.807, 2.05) is 17.9 Å². The Kier molecular flexibility index (Phi) is 5.14. The number of nitrogens with one attached hydrogen (secondary N) is 2. The normalized spacial score (nSPS) is 20.8. The highest BCUT2D eigenvalue weighted by Gasteiger charge is 2.30. The highest BCUT2D eigenvalue weighted by molar-refractivity contribution is 5.80. The number of aromatic nitrogens is 3. The molecule has 1 fully saturated rings. The van der Waals surface area contributed by atoms with E-state index in [-0.39, 0.29) is 11.6 Å². The summed E-state index contributed by atoms with van der Waals surface area (Å²) in [6, 6.07) is 2.17. The van der Waals surface area contributed by atoms with Gasteiger partial charge in [-0.1, -0.05) is 13.8 Å². The molecular weight excluding hydrogens is 368 g/mol. The van der Waals surface area contributed by atoms with Crippen molar-refractivity contribution >= 4 is 11.5 Å². The predicted molar refractivity (Wildman–Crippen MR) is 116 cm³/mol. The molecule has 0 aliphatic carbocycles. The van der Waals surface area contributed by atoms with Gasteiger partial charge in [0.2, 0.25) is 0 Å². The molecule has 1 unspecified atom stereocenters. The second-order valence-corrected chi connectivity index (χ2v) is 8.58. The van der Waals surface area contributed by atoms with Crippen LogP contribution < -0.4 is 27.0 Å². The second kappa shape index (κ2) is 7.47. The van der Waals surface area contributed by atoms with Crippen LogP contribution in [0.4, 0.5) is 11.5 Å². The van der Waals surface area contributed by atoms with Gasteiger partial charge in [0.05, 0.1) is 16.9 Å². The highest BCUT2D eigenvalue weighted by Crippen LogP contribution is 2.35. The first-order valence-electron chi connectivity index (χ1n) is 10.3. The van der Waals surface area contributed by atoms with E-state index < -0.39 is 6.17 Å². The number of aryl methyl sites for hydroxylation is 1. The lowest BCUT2D eigenvalue weighted by Crippen LogP contribution is -2.45. The molecule has 0 amide bonds. The van der Waals surface area contributed by atoms with Gasteiger partial charge in [-0.15, -0.1) is 0 Å². The molecule has 2 atom stereocenters. The molecule has 9 heteroatoms. The third-order valence-electron chi connectivity index (χ3n) is 6.30. The van der Waals surface area contributed by atoms with Crippen molar-refractivity contribution in [2.24, 2.45) is 18.7 Å². The van der Waals surface area contributed by atoms with E-state index in [1.54, 1.807) is 4.57 Å². The number of hydrazine groups is 1. The van der Waals surface area contributed by atoms with Crippen LogP contribution in [0.1, 0.15) is 38.5 Å². The van der Waals surface area contributed by atoms with E-state index in [9.17, 15) is 4.79 Å². The summed E-state index contributed by atoms with van der Waals surface area (Å²) < 4.78 is 3.73. The third-order valence-corrected chi connectivity index (χ3v) is 6.30. The van der Waals surface area contributed by atoms with E-state index in [0.717, 1.165) is 48.9 Å². The molecule has 0 spiro atoms. The molecule has 2 aromatic heterocycles. The average molecular weight is 401 g/mol. The Bertz CT molecular complexity index is 954. The molecule has 4 rings (SSSR count). The fourth-order valence-corrected chi connectivity index (χ4v) is 4.04. The number of nitrogens with two attached hydrogens (primary N) is 1. The van der Waals surface area contributed by atoms with Crippen molar-refractivity contribution in [1.29, 1.82) is 0 Å². The molecule has 9 nitrogen and oxygen atoms in total. The van der Waals surface area contributed by atoms with Crippen LogP contribution in [-0.4, -0.2) is 52.5 Å². The lowest BCUT2D eigenvalue weighted by Gasteiger charge is -2.33. The molecule has 0 radical (unpaired) electrons. The number of fused-ring (bicyclic) bond motifs is 1. The lowest BCUT2D eigenvalue weighted by molar-refractivity contribution is 0.311. The molecule has 158 valence electrons. The molecule has 4 heterocycles. The summed E-state index contributed by atoms with van der Waals surface area (Å²) in [5.41, 5.74) is 15.3. The van der Waals surface area contributed by atoms with Crippen LogP contribution in [0.15, 0.2) is 17.1 Å². The number of nitrogens with zero attached hydrogens (tertiary/aromatic N) is 5. The van der Waals surface area contributed by atoms with E-state index in [2.05, 4.69) is 54.5 Å². The fraction of sp³-hybridized carbons (Fsp3) is 0.600. The van der Waals surface area contributed by atoms with E-state index in [4.69, 9.17) is 10.8 Å². The number of piperazine rings is 1. The molecule has 2 aliphatic rings. The van der Waals surface area contributed by atoms with Crippen LogP contribution in [0.2, 0.25) is 0 Å². The van der Waals surface area contributed by atoms with Gasteiger partial charge in [0.15, 0.2) is 0 Å². The first-order chi connectivity index (χ1) is 13.8. The van der Waals surface area contributed by atoms with E-state index >= 15 is 0 Å². The summed E-state index contributed by atoms with van der Waals surface area (Å²) in [5.74, 6) is 1.41. The van der Waals surface area contributed by atoms with Crippen LogP contribution in [-0.2, 0) is 7.05 Å². The number of hydrogen-bond acceptors (Lipinski definition) is 7. The fourth-order valence-electron chi connectivity index (χ4n) is 4.04. The van der Waals surface area contributed by atoms with Crippen molar-refractivity contribution in [2.75, 3.05) is 43.6 Å². The Morgan fingerprint density at radius 1 is 1.17 bits per heavy atom. The highest BCUT2D eigenvalue weighted by atomic mass is 16.1. The van der Waals surface area contributed by atoms with Gasteiger partial charge in [0.1, 0.15) is 12.0 Å². The van der Waals surface area contributed by atoms with Gasteiger partial charge in [0.25, 0.3) is 5.56 Å². The summed E-state index contributed by atoms with van der Waals surface area (Å²) in [4.78, 5) is 17.8. The molecule has 2 aromatic rings. The number of pyridine rings is 1. The minimum absolute atomic E-state index is 0.0508. The maximum Gasteiger partial charge on any atom is 0.259 e. The Morgan fingerprint density at radius 2 is 1.86 bits per heavy atom. The molecular formula is C20H32N8O. The first kappa shape index (κ1) is 19.9. The number of rotatable bonds is 4. The summed E-state index contributed by atoms with van der Waals surface area (Å²) in [6.07, 6.45) is 1.39. The quantitative estimate of drug-likeness (QED) is 0.707. The van der Waals surface area contributed by atoms with Crippen LogP contribution >= 0.6 is 0 Å². The zero-order chi connectivity index (χ0) is 20.9. The van der Waals surface area contributed by atoms with Crippen LogP contribution in [0.25, 0.3) is 11.3 Å². The number of anilines is 2. The topological polar surface area (TPSA) is 96.4 Å². The van der Waals surface area contributed by atoms with Gasteiger partial charge in [-0.05, 0) is 19.9 Å². The average Bonchev–Trinajstić information content (AvgIpc) is 3.26. The molecule has 29 heavy (non-hydrogen) atoms. The van der Waals surface area contributed by atoms with Crippen LogP contribution in [0, 0.1) is 5.92 Å². The predicted octanol–water partition coefficient (Wildman–Crippen LogP) is 1.11. The Hall–Kier alpha value is -2.36. The second-order valence-electron chi connectivity index (χ2n) is 8.58. The molecule has 0 bridgehead atoms. The molecule has 0 aromatic carbocycles. The summed E-state index contributed by atoms with van der Waals surface area (Å²) in [6.45, 7) is 10.3. The van der Waals surface area contributed by atoms with Gasteiger partial charge < -0.3 is 25.5 Å². The maximum absolute atomic E-state index is 13.1. The molecule has 2 aliphatic heterocycles. The van der Waals surface area contributed by atoms with Gasteiger partial charge in [-0.2, -0.15) is 5.10 Å². The molecule has 0 saturated carbocycles. The largest absolute Gasteiger partial charge is 0.354 e. The smallest absolute Gasteiger partial charge is 0.259 e. The summed E-state index contributed by atoms with van der Waals surface area (Å²) in [7, 11) is 4.12. The SMILES string of the molecule is CC(C)[C@H](C)n1cc(-c2cc(N3CCN(C)CC3)n(C)n2)c2c(c1=O)C(N)NN2. The zero-order valence-corrected chi connectivity index (χ0v) is 17.9. The Morgan fingerprint density at radius 3 is 2.52 bits per heavy atom. The molecule has 4 N–H and O–H groups in total. The van der Waals surface area contributed by atoms with Gasteiger partial charge in [-0.3, -0.25) is 9.48 Å². The van der Waals surface area contributed by atoms with Crippen molar-refractivity contribution < 1.29 is 0 Å². The van der Waals surface area contributed by atoms with Crippen molar-refractivity contribution in [3.8, 4) is 11.3 Å². The van der Waals surface area contributed by atoms with Gasteiger partial charge in [0, 0.05) is 57.1 Å². The van der Waals surface area contributed by atoms with Crippen LogP contribution in [0.3, 0.4) is 0 Å². The van der Waals surface area contributed by atoms with E-state index in [1.165, 1.54) is 0 Å². The Labute approximate surface area is 171 Å². The first-order valence-corrected chi connectivity index (χ1v) is 10.3. The summed E-state index contributed by atoms with van der Waals surface area (Å²) >= 11 is 0. The number of likely N-dealkylation sites (N-methyl/N-ethyl adjacent to an activating group) is 1. The zero-order valence-electron chi connectivity index (χ0n) is 17.9. The maximum atomic E-state index is 13.1. The van der Waals surface area contributed by atoms with Crippen molar-refractivity contribution in [2.45, 2.75) is 33.0 Å². The summed E-state index contributed by atoms with van der Waals surface area (Å²) in [5, 5.41) is 4.79. The van der Waals surface area contributed by atoms with Crippen molar-refractivity contribution in [3.63, 3.8) is 0 Å². The lowest BCUT2D eigenvalue weighted by atomic mass is 10.0. The minimum Gasteiger partial charge on any atom is -0.354 e. The number of hydrogen-bond donors (Lipinski definition) is 3.